The van der Waals surface area contributed by atoms with E-state index in [4.69, 9.17) is 5.26 Å². The number of pyridine rings is 1. The Kier molecular flexibility index (Phi) is 3.02. The summed E-state index contributed by atoms with van der Waals surface area (Å²) in [6.45, 7) is 6.25. The highest BCUT2D eigenvalue weighted by atomic mass is 14.7. The van der Waals surface area contributed by atoms with Crippen molar-refractivity contribution >= 4 is 0 Å². The van der Waals surface area contributed by atoms with Gasteiger partial charge in [0.25, 0.3) is 0 Å². The van der Waals surface area contributed by atoms with Gasteiger partial charge in [0, 0.05) is 11.9 Å². The third-order valence-corrected chi connectivity index (χ3v) is 2.10. The van der Waals surface area contributed by atoms with Crippen LogP contribution in [0.3, 0.4) is 0 Å². The van der Waals surface area contributed by atoms with Crippen LogP contribution in [0.2, 0.25) is 0 Å². The van der Waals surface area contributed by atoms with Crippen molar-refractivity contribution in [3.05, 3.63) is 29.1 Å². The molecular formula is C11H14N2. The van der Waals surface area contributed by atoms with Gasteiger partial charge in [-0.25, -0.2) is 0 Å². The maximum absolute atomic E-state index is 8.84. The monoisotopic (exact) mass is 174 g/mol. The first kappa shape index (κ1) is 9.73. The molecule has 1 aromatic heterocycles. The second-order valence-electron chi connectivity index (χ2n) is 3.38. The van der Waals surface area contributed by atoms with Gasteiger partial charge < -0.3 is 0 Å². The molecule has 13 heavy (non-hydrogen) atoms. The van der Waals surface area contributed by atoms with Crippen LogP contribution in [0, 0.1) is 11.3 Å². The molecule has 0 fully saturated rings. The van der Waals surface area contributed by atoms with Gasteiger partial charge in [-0.3, -0.25) is 4.98 Å². The van der Waals surface area contributed by atoms with E-state index in [1.54, 1.807) is 6.20 Å². The number of hydrogen-bond donors (Lipinski definition) is 0. The summed E-state index contributed by atoms with van der Waals surface area (Å²) in [5.41, 5.74) is 2.87. The second-order valence-corrected chi connectivity index (χ2v) is 3.38. The average molecular weight is 174 g/mol. The van der Waals surface area contributed by atoms with Gasteiger partial charge in [0.1, 0.15) is 6.07 Å². The maximum atomic E-state index is 8.84. The van der Waals surface area contributed by atoms with E-state index < -0.39 is 0 Å². The number of aromatic nitrogens is 1. The highest BCUT2D eigenvalue weighted by Gasteiger charge is 2.07. The van der Waals surface area contributed by atoms with Gasteiger partial charge in [-0.1, -0.05) is 20.8 Å². The Bertz CT molecular complexity index is 334. The third kappa shape index (κ3) is 2.06. The maximum Gasteiger partial charge on any atom is 0.101 e. The van der Waals surface area contributed by atoms with Crippen LogP contribution in [0.15, 0.2) is 12.3 Å². The van der Waals surface area contributed by atoms with Crippen LogP contribution in [0.25, 0.3) is 0 Å². The number of nitriles is 1. The normalized spacial score (nSPS) is 10.1. The Morgan fingerprint density at radius 2 is 2.23 bits per heavy atom. The molecule has 1 heterocycles. The third-order valence-electron chi connectivity index (χ3n) is 2.10. The van der Waals surface area contributed by atoms with Crippen LogP contribution < -0.4 is 0 Å². The van der Waals surface area contributed by atoms with E-state index in [1.165, 1.54) is 0 Å². The van der Waals surface area contributed by atoms with E-state index in [0.717, 1.165) is 17.7 Å². The molecule has 68 valence electrons. The van der Waals surface area contributed by atoms with Crippen molar-refractivity contribution in [1.29, 1.82) is 5.26 Å². The minimum Gasteiger partial charge on any atom is -0.260 e. The first-order chi connectivity index (χ1) is 6.19. The van der Waals surface area contributed by atoms with Gasteiger partial charge in [0.05, 0.1) is 5.56 Å². The molecule has 0 unspecified atom stereocenters. The molecule has 0 aliphatic carbocycles. The number of nitrogens with zero attached hydrogens (tertiary/aromatic N) is 2. The Morgan fingerprint density at radius 3 is 2.69 bits per heavy atom. The zero-order valence-electron chi connectivity index (χ0n) is 8.33. The molecule has 0 spiro atoms. The topological polar surface area (TPSA) is 36.7 Å². The fourth-order valence-electron chi connectivity index (χ4n) is 1.28. The van der Waals surface area contributed by atoms with Gasteiger partial charge in [-0.05, 0) is 24.0 Å². The minimum absolute atomic E-state index is 0.392. The van der Waals surface area contributed by atoms with Crippen molar-refractivity contribution in [2.24, 2.45) is 0 Å². The van der Waals surface area contributed by atoms with E-state index in [0.29, 0.717) is 11.5 Å². The lowest BCUT2D eigenvalue weighted by Gasteiger charge is -2.08. The minimum atomic E-state index is 0.392. The first-order valence-corrected chi connectivity index (χ1v) is 4.58. The molecule has 0 aliphatic rings. The summed E-state index contributed by atoms with van der Waals surface area (Å²) < 4.78 is 0. The number of rotatable bonds is 2. The largest absolute Gasteiger partial charge is 0.260 e. The van der Waals surface area contributed by atoms with Gasteiger partial charge >= 0.3 is 0 Å². The van der Waals surface area contributed by atoms with E-state index in [9.17, 15) is 0 Å². The zero-order valence-corrected chi connectivity index (χ0v) is 8.33. The van der Waals surface area contributed by atoms with Gasteiger partial charge in [0.15, 0.2) is 0 Å². The summed E-state index contributed by atoms with van der Waals surface area (Å²) in [5, 5.41) is 8.84. The van der Waals surface area contributed by atoms with Crippen molar-refractivity contribution < 1.29 is 0 Å². The number of hydrogen-bond acceptors (Lipinski definition) is 2. The molecular weight excluding hydrogens is 160 g/mol. The van der Waals surface area contributed by atoms with E-state index in [2.05, 4.69) is 31.8 Å². The zero-order chi connectivity index (χ0) is 9.84. The standard InChI is InChI=1S/C11H14N2/c1-4-10-5-11(8(2)3)9(6-12)7-13-10/h5,7-8H,4H2,1-3H3. The van der Waals surface area contributed by atoms with Crippen LogP contribution in [0.5, 0.6) is 0 Å². The molecule has 0 bridgehead atoms. The summed E-state index contributed by atoms with van der Waals surface area (Å²) in [5.74, 6) is 0.392. The van der Waals surface area contributed by atoms with E-state index in [-0.39, 0.29) is 0 Å². The van der Waals surface area contributed by atoms with Crippen molar-refractivity contribution in [1.82, 2.24) is 4.98 Å². The quantitative estimate of drug-likeness (QED) is 0.691. The summed E-state index contributed by atoms with van der Waals surface area (Å²) >= 11 is 0. The Morgan fingerprint density at radius 1 is 1.54 bits per heavy atom. The molecule has 0 saturated carbocycles. The van der Waals surface area contributed by atoms with Crippen LogP contribution in [-0.4, -0.2) is 4.98 Å². The summed E-state index contributed by atoms with van der Waals surface area (Å²) in [6.07, 6.45) is 2.60. The SMILES string of the molecule is CCc1cc(C(C)C)c(C#N)cn1. The predicted molar refractivity (Wildman–Crippen MR) is 52.4 cm³/mol. The molecule has 0 atom stereocenters. The molecule has 2 nitrogen and oxygen atoms in total. The summed E-state index contributed by atoms with van der Waals surface area (Å²) in [4.78, 5) is 4.19. The van der Waals surface area contributed by atoms with Crippen LogP contribution in [-0.2, 0) is 6.42 Å². The predicted octanol–water partition coefficient (Wildman–Crippen LogP) is 2.64. The van der Waals surface area contributed by atoms with E-state index >= 15 is 0 Å². The van der Waals surface area contributed by atoms with Gasteiger partial charge in [-0.2, -0.15) is 5.26 Å². The van der Waals surface area contributed by atoms with Gasteiger partial charge in [-0.15, -0.1) is 0 Å². The molecule has 0 saturated heterocycles. The smallest absolute Gasteiger partial charge is 0.101 e. The van der Waals surface area contributed by atoms with Crippen molar-refractivity contribution in [3.63, 3.8) is 0 Å². The molecule has 1 rings (SSSR count). The Labute approximate surface area is 79.2 Å². The summed E-state index contributed by atoms with van der Waals surface area (Å²) in [6, 6.07) is 4.20. The van der Waals surface area contributed by atoms with Crippen LogP contribution >= 0.6 is 0 Å². The highest BCUT2D eigenvalue weighted by molar-refractivity contribution is 5.38. The second kappa shape index (κ2) is 4.04. The lowest BCUT2D eigenvalue weighted by atomic mass is 9.98. The molecule has 0 N–H and O–H groups in total. The van der Waals surface area contributed by atoms with Crippen molar-refractivity contribution in [2.45, 2.75) is 33.1 Å². The first-order valence-electron chi connectivity index (χ1n) is 4.58. The fourth-order valence-corrected chi connectivity index (χ4v) is 1.28. The molecule has 0 aromatic carbocycles. The molecule has 0 aliphatic heterocycles. The van der Waals surface area contributed by atoms with Gasteiger partial charge in [0.2, 0.25) is 0 Å². The molecule has 1 aromatic rings. The van der Waals surface area contributed by atoms with Crippen LogP contribution in [0.1, 0.15) is 43.5 Å². The Hall–Kier alpha value is -1.36. The molecule has 0 amide bonds. The lowest BCUT2D eigenvalue weighted by Crippen LogP contribution is -1.97. The van der Waals surface area contributed by atoms with Crippen molar-refractivity contribution in [2.75, 3.05) is 0 Å². The fraction of sp³-hybridized carbons (Fsp3) is 0.455. The van der Waals surface area contributed by atoms with E-state index in [1.807, 2.05) is 6.07 Å². The average Bonchev–Trinajstić information content (AvgIpc) is 2.16. The molecule has 2 heteroatoms. The molecule has 0 radical (unpaired) electrons. The number of aryl methyl sites for hydroxylation is 1. The van der Waals surface area contributed by atoms with Crippen LogP contribution in [0.4, 0.5) is 0 Å². The Balaban J connectivity index is 3.20. The lowest BCUT2D eigenvalue weighted by molar-refractivity contribution is 0.849. The summed E-state index contributed by atoms with van der Waals surface area (Å²) in [7, 11) is 0. The van der Waals surface area contributed by atoms with Crippen molar-refractivity contribution in [3.8, 4) is 6.07 Å². The highest BCUT2D eigenvalue weighted by Crippen LogP contribution is 2.19.